The summed E-state index contributed by atoms with van der Waals surface area (Å²) >= 11 is 0. The van der Waals surface area contributed by atoms with Crippen molar-refractivity contribution in [3.05, 3.63) is 60.2 Å². The summed E-state index contributed by atoms with van der Waals surface area (Å²) in [6.07, 6.45) is 0.810. The predicted octanol–water partition coefficient (Wildman–Crippen LogP) is 1.88. The first-order valence-corrected chi connectivity index (χ1v) is 10.7. The molecule has 10 heteroatoms. The number of amides is 2. The lowest BCUT2D eigenvalue weighted by atomic mass is 9.96. The number of nitrogens with zero attached hydrogens (tertiary/aromatic N) is 2. The van der Waals surface area contributed by atoms with Crippen LogP contribution in [0.4, 0.5) is 14.5 Å². The number of likely N-dealkylation sites (tertiary alicyclic amines) is 1. The van der Waals surface area contributed by atoms with Crippen LogP contribution in [0.25, 0.3) is 0 Å². The van der Waals surface area contributed by atoms with Crippen LogP contribution < -0.4 is 10.0 Å². The molecule has 0 aliphatic carbocycles. The summed E-state index contributed by atoms with van der Waals surface area (Å²) in [5.41, 5.74) is 5.40. The number of benzene rings is 2. The highest BCUT2D eigenvalue weighted by Crippen LogP contribution is 2.25. The molecule has 2 aromatic carbocycles. The maximum Gasteiger partial charge on any atom is 0.264 e. The van der Waals surface area contributed by atoms with E-state index in [-0.39, 0.29) is 29.6 Å². The van der Waals surface area contributed by atoms with E-state index in [9.17, 15) is 26.8 Å². The molecule has 0 radical (unpaired) electrons. The van der Waals surface area contributed by atoms with Crippen LogP contribution in [0, 0.1) is 17.6 Å². The molecular formula is C20H21F2N3O4S. The average molecular weight is 437 g/mol. The highest BCUT2D eigenvalue weighted by Gasteiger charge is 2.31. The van der Waals surface area contributed by atoms with Crippen LogP contribution in [0.1, 0.15) is 12.8 Å². The van der Waals surface area contributed by atoms with Crippen LogP contribution in [-0.4, -0.2) is 44.8 Å². The summed E-state index contributed by atoms with van der Waals surface area (Å²) in [6.45, 7) is 0.0349. The number of anilines is 1. The number of primary amides is 1. The molecular weight excluding hydrogens is 416 g/mol. The van der Waals surface area contributed by atoms with Crippen LogP contribution >= 0.6 is 0 Å². The van der Waals surface area contributed by atoms with Crippen LogP contribution in [0.5, 0.6) is 0 Å². The van der Waals surface area contributed by atoms with E-state index in [0.29, 0.717) is 12.8 Å². The molecule has 1 fully saturated rings. The lowest BCUT2D eigenvalue weighted by Crippen LogP contribution is -2.47. The van der Waals surface area contributed by atoms with Crippen molar-refractivity contribution in [1.82, 2.24) is 4.90 Å². The number of rotatable bonds is 6. The topological polar surface area (TPSA) is 101 Å². The second-order valence-corrected chi connectivity index (χ2v) is 8.86. The number of carbonyl (C=O) groups excluding carboxylic acids is 2. The van der Waals surface area contributed by atoms with Crippen molar-refractivity contribution in [2.45, 2.75) is 17.7 Å². The second kappa shape index (κ2) is 8.78. The number of carbonyl (C=O) groups is 2. The molecule has 1 heterocycles. The van der Waals surface area contributed by atoms with Gasteiger partial charge in [-0.25, -0.2) is 17.2 Å². The van der Waals surface area contributed by atoms with Crippen molar-refractivity contribution in [2.75, 3.05) is 23.9 Å². The molecule has 3 rings (SSSR count). The number of hydrogen-bond donors (Lipinski definition) is 1. The van der Waals surface area contributed by atoms with Crippen LogP contribution in [0.2, 0.25) is 0 Å². The molecule has 0 saturated carbocycles. The Kier molecular flexibility index (Phi) is 6.35. The van der Waals surface area contributed by atoms with Crippen molar-refractivity contribution in [3.63, 3.8) is 0 Å². The Morgan fingerprint density at radius 2 is 1.47 bits per heavy atom. The van der Waals surface area contributed by atoms with Gasteiger partial charge in [0.2, 0.25) is 11.8 Å². The Morgan fingerprint density at radius 3 is 1.97 bits per heavy atom. The predicted molar refractivity (Wildman–Crippen MR) is 106 cm³/mol. The summed E-state index contributed by atoms with van der Waals surface area (Å²) in [4.78, 5) is 25.4. The fraction of sp³-hybridized carbons (Fsp3) is 0.300. The summed E-state index contributed by atoms with van der Waals surface area (Å²) in [7, 11) is -4.22. The lowest BCUT2D eigenvalue weighted by molar-refractivity contribution is -0.133. The molecule has 2 aromatic rings. The van der Waals surface area contributed by atoms with Gasteiger partial charge < -0.3 is 10.6 Å². The molecule has 0 spiro atoms. The summed E-state index contributed by atoms with van der Waals surface area (Å²) in [5.74, 6) is -2.36. The third-order valence-corrected chi connectivity index (χ3v) is 6.83. The Labute approximate surface area is 173 Å². The number of piperidine rings is 1. The van der Waals surface area contributed by atoms with Gasteiger partial charge in [0.15, 0.2) is 0 Å². The van der Waals surface area contributed by atoms with Gasteiger partial charge in [0.1, 0.15) is 18.2 Å². The largest absolute Gasteiger partial charge is 0.369 e. The fourth-order valence-corrected chi connectivity index (χ4v) is 4.71. The van der Waals surface area contributed by atoms with Gasteiger partial charge in [-0.1, -0.05) is 0 Å². The first-order valence-electron chi connectivity index (χ1n) is 9.29. The molecule has 1 aliphatic rings. The lowest BCUT2D eigenvalue weighted by Gasteiger charge is -2.33. The summed E-state index contributed by atoms with van der Waals surface area (Å²) < 4.78 is 53.8. The zero-order valence-corrected chi connectivity index (χ0v) is 16.8. The first-order chi connectivity index (χ1) is 14.2. The van der Waals surface area contributed by atoms with E-state index in [1.807, 2.05) is 0 Å². The number of hydrogen-bond acceptors (Lipinski definition) is 4. The van der Waals surface area contributed by atoms with E-state index in [4.69, 9.17) is 5.73 Å². The Morgan fingerprint density at radius 1 is 0.967 bits per heavy atom. The maximum absolute atomic E-state index is 13.3. The number of nitrogens with two attached hydrogens (primary N) is 1. The third-order valence-electron chi connectivity index (χ3n) is 5.05. The smallest absolute Gasteiger partial charge is 0.264 e. The quantitative estimate of drug-likeness (QED) is 0.746. The van der Waals surface area contributed by atoms with E-state index < -0.39 is 40.0 Å². The third kappa shape index (κ3) is 4.76. The number of sulfonamides is 1. The van der Waals surface area contributed by atoms with Crippen molar-refractivity contribution in [2.24, 2.45) is 11.7 Å². The summed E-state index contributed by atoms with van der Waals surface area (Å²) in [6, 6.07) is 8.90. The highest BCUT2D eigenvalue weighted by molar-refractivity contribution is 7.92. The van der Waals surface area contributed by atoms with Crippen LogP contribution in [0.15, 0.2) is 53.4 Å². The molecule has 7 nitrogen and oxygen atoms in total. The van der Waals surface area contributed by atoms with E-state index >= 15 is 0 Å². The maximum atomic E-state index is 13.3. The minimum absolute atomic E-state index is 0.0982. The SMILES string of the molecule is NC(=O)C1CCN(C(=O)CN(c2ccc(F)cc2)S(=O)(=O)c2ccc(F)cc2)CC1. The van der Waals surface area contributed by atoms with E-state index in [0.717, 1.165) is 40.7 Å². The monoisotopic (exact) mass is 437 g/mol. The molecule has 0 bridgehead atoms. The molecule has 0 unspecified atom stereocenters. The van der Waals surface area contributed by atoms with Crippen LogP contribution in [-0.2, 0) is 19.6 Å². The fourth-order valence-electron chi connectivity index (χ4n) is 3.29. The Balaban J connectivity index is 1.87. The molecule has 0 aromatic heterocycles. The Hall–Kier alpha value is -3.01. The van der Waals surface area contributed by atoms with Crippen molar-refractivity contribution >= 4 is 27.5 Å². The molecule has 1 saturated heterocycles. The standard InChI is InChI=1S/C20H21F2N3O4S/c21-15-1-5-17(6-2-15)25(30(28,29)18-7-3-16(22)4-8-18)13-19(26)24-11-9-14(10-12-24)20(23)27/h1-8,14H,9-13H2,(H2,23,27). The van der Waals surface area contributed by atoms with E-state index in [1.165, 1.54) is 17.0 Å². The molecule has 2 amide bonds. The van der Waals surface area contributed by atoms with Gasteiger partial charge in [-0.05, 0) is 61.4 Å². The van der Waals surface area contributed by atoms with Crippen molar-refractivity contribution in [3.8, 4) is 0 Å². The molecule has 0 atom stereocenters. The van der Waals surface area contributed by atoms with Crippen LogP contribution in [0.3, 0.4) is 0 Å². The molecule has 160 valence electrons. The van der Waals surface area contributed by atoms with E-state index in [2.05, 4.69) is 0 Å². The minimum atomic E-state index is -4.22. The second-order valence-electron chi connectivity index (χ2n) is 7.00. The number of halogens is 2. The average Bonchev–Trinajstić information content (AvgIpc) is 2.73. The first kappa shape index (κ1) is 21.7. The van der Waals surface area contributed by atoms with Gasteiger partial charge in [0, 0.05) is 19.0 Å². The van der Waals surface area contributed by atoms with Gasteiger partial charge in [-0.15, -0.1) is 0 Å². The Bertz CT molecular complexity index is 1020. The zero-order valence-electron chi connectivity index (χ0n) is 16.0. The zero-order chi connectivity index (χ0) is 21.9. The summed E-state index contributed by atoms with van der Waals surface area (Å²) in [5, 5.41) is 0. The van der Waals surface area contributed by atoms with Gasteiger partial charge in [-0.3, -0.25) is 13.9 Å². The normalized spacial score (nSPS) is 15.1. The highest BCUT2D eigenvalue weighted by atomic mass is 32.2. The van der Waals surface area contributed by atoms with Gasteiger partial charge in [0.25, 0.3) is 10.0 Å². The van der Waals surface area contributed by atoms with E-state index in [1.54, 1.807) is 0 Å². The van der Waals surface area contributed by atoms with Gasteiger partial charge in [-0.2, -0.15) is 0 Å². The van der Waals surface area contributed by atoms with Crippen molar-refractivity contribution in [1.29, 1.82) is 0 Å². The van der Waals surface area contributed by atoms with Crippen molar-refractivity contribution < 1.29 is 26.8 Å². The molecule has 1 aliphatic heterocycles. The molecule has 30 heavy (non-hydrogen) atoms. The van der Waals surface area contributed by atoms with Gasteiger partial charge >= 0.3 is 0 Å². The van der Waals surface area contributed by atoms with Gasteiger partial charge in [0.05, 0.1) is 10.6 Å². The molecule has 2 N–H and O–H groups in total. The minimum Gasteiger partial charge on any atom is -0.369 e.